The van der Waals surface area contributed by atoms with Gasteiger partial charge in [0.1, 0.15) is 4.21 Å². The number of hydrogen-bond acceptors (Lipinski definition) is 4. The molecule has 0 spiro atoms. The zero-order valence-corrected chi connectivity index (χ0v) is 6.05. The third-order valence-electron chi connectivity index (χ3n) is 0.741. The molecule has 0 aromatic carbocycles. The number of aromatic nitrogens is 2. The van der Waals surface area contributed by atoms with Crippen molar-refractivity contribution in [3.05, 3.63) is 11.9 Å². The van der Waals surface area contributed by atoms with E-state index in [4.69, 9.17) is 0 Å². The van der Waals surface area contributed by atoms with E-state index in [1.54, 1.807) is 0 Å². The molecular weight excluding hydrogens is 140 g/mol. The van der Waals surface area contributed by atoms with Crippen LogP contribution < -0.4 is 0 Å². The first-order chi connectivity index (χ1) is 3.84. The zero-order valence-electron chi connectivity index (χ0n) is 4.42. The van der Waals surface area contributed by atoms with Gasteiger partial charge in [-0.3, -0.25) is 0 Å². The number of nitrogens with zero attached hydrogens (tertiary/aromatic N) is 2. The van der Waals surface area contributed by atoms with Crippen LogP contribution in [0.2, 0.25) is 0 Å². The van der Waals surface area contributed by atoms with Crippen LogP contribution in [-0.2, 0) is 0 Å². The monoisotopic (exact) mass is 145 g/mol. The highest BCUT2D eigenvalue weighted by atomic mass is 32.2. The lowest BCUT2D eigenvalue weighted by Crippen LogP contribution is -1.69. The smallest absolute Gasteiger partial charge is 0.104 e. The Balaban J connectivity index is 2.92. The van der Waals surface area contributed by atoms with Gasteiger partial charge in [0.2, 0.25) is 0 Å². The second kappa shape index (κ2) is 2.46. The minimum Gasteiger partial charge on any atom is -0.142 e. The average Bonchev–Trinajstić information content (AvgIpc) is 2.14. The van der Waals surface area contributed by atoms with Gasteiger partial charge in [-0.2, -0.15) is 0 Å². The molecule has 1 radical (unpaired) electrons. The summed E-state index contributed by atoms with van der Waals surface area (Å²) < 4.78 is 4.83. The number of thioether (sulfide) groups is 1. The van der Waals surface area contributed by atoms with Gasteiger partial charge >= 0.3 is 0 Å². The maximum atomic E-state index is 3.80. The predicted molar refractivity (Wildman–Crippen MR) is 35.9 cm³/mol. The van der Waals surface area contributed by atoms with E-state index in [1.807, 2.05) is 6.92 Å². The Labute approximate surface area is 56.5 Å². The van der Waals surface area contributed by atoms with Crippen LogP contribution in [0, 0.1) is 13.2 Å². The lowest BCUT2D eigenvalue weighted by Gasteiger charge is -1.82. The molecule has 0 unspecified atom stereocenters. The summed E-state index contributed by atoms with van der Waals surface area (Å²) in [6.07, 6.45) is 3.64. The van der Waals surface area contributed by atoms with Gasteiger partial charge in [0.25, 0.3) is 0 Å². The van der Waals surface area contributed by atoms with E-state index in [0.29, 0.717) is 0 Å². The van der Waals surface area contributed by atoms with Gasteiger partial charge in [-0.05, 0) is 18.5 Å². The summed E-state index contributed by atoms with van der Waals surface area (Å²) >= 11 is 2.83. The van der Waals surface area contributed by atoms with E-state index in [0.717, 1.165) is 9.90 Å². The normalized spacial score (nSPS) is 9.75. The predicted octanol–water partition coefficient (Wildman–Crippen LogP) is 1.73. The summed E-state index contributed by atoms with van der Waals surface area (Å²) in [4.78, 5) is 0. The average molecular weight is 145 g/mol. The molecule has 43 valence electrons. The van der Waals surface area contributed by atoms with Gasteiger partial charge in [-0.15, -0.1) is 16.9 Å². The Bertz CT molecular complexity index is 172. The molecule has 2 nitrogen and oxygen atoms in total. The fourth-order valence-electron chi connectivity index (χ4n) is 0.356. The van der Waals surface area contributed by atoms with Crippen molar-refractivity contribution in [2.75, 3.05) is 0 Å². The quantitative estimate of drug-likeness (QED) is 0.563. The van der Waals surface area contributed by atoms with Crippen molar-refractivity contribution in [1.82, 2.24) is 9.59 Å². The van der Waals surface area contributed by atoms with Crippen LogP contribution in [-0.4, -0.2) is 9.59 Å². The molecule has 1 rings (SSSR count). The summed E-state index contributed by atoms with van der Waals surface area (Å²) in [6.45, 7) is 1.93. The Morgan fingerprint density at radius 3 is 2.75 bits per heavy atom. The second-order valence-electron chi connectivity index (χ2n) is 1.29. The van der Waals surface area contributed by atoms with E-state index in [1.165, 1.54) is 23.3 Å². The van der Waals surface area contributed by atoms with E-state index in [2.05, 4.69) is 15.8 Å². The Kier molecular flexibility index (Phi) is 1.85. The highest BCUT2D eigenvalue weighted by Crippen LogP contribution is 2.21. The highest BCUT2D eigenvalue weighted by Gasteiger charge is 1.97. The minimum absolute atomic E-state index is 0.981. The molecule has 0 aliphatic carbocycles. The summed E-state index contributed by atoms with van der Waals surface area (Å²) in [7, 11) is 0. The maximum absolute atomic E-state index is 3.80. The van der Waals surface area contributed by atoms with Crippen molar-refractivity contribution in [1.29, 1.82) is 0 Å². The molecule has 0 aliphatic rings. The fraction of sp³-hybridized carbons (Fsp3) is 0.250. The Morgan fingerprint density at radius 1 is 1.75 bits per heavy atom. The lowest BCUT2D eigenvalue weighted by molar-refractivity contribution is 1.07. The fourth-order valence-corrected chi connectivity index (χ4v) is 1.33. The number of rotatable bonds is 1. The van der Waals surface area contributed by atoms with Crippen LogP contribution in [0.5, 0.6) is 0 Å². The van der Waals surface area contributed by atoms with Gasteiger partial charge in [0, 0.05) is 6.26 Å². The van der Waals surface area contributed by atoms with Crippen molar-refractivity contribution < 1.29 is 0 Å². The lowest BCUT2D eigenvalue weighted by atomic mass is 10.6. The van der Waals surface area contributed by atoms with E-state index in [9.17, 15) is 0 Å². The Morgan fingerprint density at radius 2 is 2.50 bits per heavy atom. The second-order valence-corrected chi connectivity index (χ2v) is 3.00. The molecule has 0 bridgehead atoms. The van der Waals surface area contributed by atoms with Crippen LogP contribution in [0.4, 0.5) is 0 Å². The molecule has 0 saturated carbocycles. The molecule has 0 N–H and O–H groups in total. The van der Waals surface area contributed by atoms with Crippen LogP contribution in [0.3, 0.4) is 0 Å². The zero-order chi connectivity index (χ0) is 5.98. The SMILES string of the molecule is [CH2]Sc1snnc1C. The standard InChI is InChI=1S/C4H5N2S2/c1-3-4(7-2)8-6-5-3/h2H2,1H3. The van der Waals surface area contributed by atoms with E-state index >= 15 is 0 Å². The molecule has 4 heteroatoms. The van der Waals surface area contributed by atoms with Crippen molar-refractivity contribution in [3.8, 4) is 0 Å². The topological polar surface area (TPSA) is 25.8 Å². The van der Waals surface area contributed by atoms with Crippen LogP contribution >= 0.6 is 23.3 Å². The minimum atomic E-state index is 0.981. The molecular formula is C4H5N2S2. The largest absolute Gasteiger partial charge is 0.142 e. The first-order valence-corrected chi connectivity index (χ1v) is 3.81. The summed E-state index contributed by atoms with van der Waals surface area (Å²) in [5, 5.41) is 3.80. The van der Waals surface area contributed by atoms with Gasteiger partial charge < -0.3 is 0 Å². The number of aryl methyl sites for hydroxylation is 1. The van der Waals surface area contributed by atoms with E-state index < -0.39 is 0 Å². The van der Waals surface area contributed by atoms with Crippen LogP contribution in [0.15, 0.2) is 4.21 Å². The molecule has 1 aromatic heterocycles. The third-order valence-corrected chi connectivity index (χ3v) is 2.50. The van der Waals surface area contributed by atoms with Crippen LogP contribution in [0.25, 0.3) is 0 Å². The van der Waals surface area contributed by atoms with Crippen molar-refractivity contribution >= 4 is 23.3 Å². The van der Waals surface area contributed by atoms with Gasteiger partial charge in [0.15, 0.2) is 0 Å². The third kappa shape index (κ3) is 1.00. The van der Waals surface area contributed by atoms with Crippen molar-refractivity contribution in [2.24, 2.45) is 0 Å². The molecule has 0 atom stereocenters. The van der Waals surface area contributed by atoms with Gasteiger partial charge in [-0.25, -0.2) is 0 Å². The van der Waals surface area contributed by atoms with Crippen molar-refractivity contribution in [2.45, 2.75) is 11.1 Å². The maximum Gasteiger partial charge on any atom is 0.104 e. The number of hydrogen-bond donors (Lipinski definition) is 0. The summed E-state index contributed by atoms with van der Waals surface area (Å²) in [6, 6.07) is 0. The summed E-state index contributed by atoms with van der Waals surface area (Å²) in [5.41, 5.74) is 0.981. The molecule has 1 aromatic rings. The molecule has 0 fully saturated rings. The summed E-state index contributed by atoms with van der Waals surface area (Å²) in [5.74, 6) is 0. The van der Waals surface area contributed by atoms with Gasteiger partial charge in [0.05, 0.1) is 5.69 Å². The molecule has 0 amide bonds. The van der Waals surface area contributed by atoms with Crippen molar-refractivity contribution in [3.63, 3.8) is 0 Å². The first kappa shape index (κ1) is 6.04. The highest BCUT2D eigenvalue weighted by molar-refractivity contribution is 8.02. The molecule has 1 heterocycles. The molecule has 8 heavy (non-hydrogen) atoms. The Hall–Kier alpha value is -0.0900. The molecule has 0 aliphatic heterocycles. The molecule has 0 saturated heterocycles. The van der Waals surface area contributed by atoms with Gasteiger partial charge in [-0.1, -0.05) is 4.49 Å². The first-order valence-electron chi connectivity index (χ1n) is 2.05. The van der Waals surface area contributed by atoms with Crippen LogP contribution in [0.1, 0.15) is 5.69 Å². The van der Waals surface area contributed by atoms with E-state index in [-0.39, 0.29) is 0 Å².